The van der Waals surface area contributed by atoms with Crippen LogP contribution >= 0.6 is 0 Å². The van der Waals surface area contributed by atoms with E-state index in [-0.39, 0.29) is 12.2 Å². The van der Waals surface area contributed by atoms with Crippen molar-refractivity contribution in [3.8, 4) is 0 Å². The fraction of sp³-hybridized carbons (Fsp3) is 0.400. The van der Waals surface area contributed by atoms with Crippen LogP contribution in [-0.4, -0.2) is 12.0 Å². The standard InChI is InChI=1S/C5H5FO/c6-4-2-1-3-5(4)7/h1-2,4H,3H2. The van der Waals surface area contributed by atoms with Crippen molar-refractivity contribution in [2.75, 3.05) is 0 Å². The van der Waals surface area contributed by atoms with Crippen LogP contribution < -0.4 is 0 Å². The minimum atomic E-state index is -1.31. The summed E-state index contributed by atoms with van der Waals surface area (Å²) >= 11 is 0. The van der Waals surface area contributed by atoms with E-state index in [2.05, 4.69) is 0 Å². The summed E-state index contributed by atoms with van der Waals surface area (Å²) in [5, 5.41) is 0. The number of alkyl halides is 1. The minimum absolute atomic E-state index is 0.279. The Hall–Kier alpha value is -0.660. The first-order valence-corrected chi connectivity index (χ1v) is 2.14. The number of Topliss-reactive ketones (excluding diaryl/α,β-unsaturated/α-hetero) is 1. The lowest BCUT2D eigenvalue weighted by Gasteiger charge is -1.85. The molecule has 0 spiro atoms. The van der Waals surface area contributed by atoms with Crippen molar-refractivity contribution in [2.45, 2.75) is 12.6 Å². The van der Waals surface area contributed by atoms with E-state index in [1.165, 1.54) is 6.08 Å². The molecule has 0 bridgehead atoms. The third-order valence-corrected chi connectivity index (χ3v) is 0.932. The Balaban J connectivity index is 2.62. The topological polar surface area (TPSA) is 17.1 Å². The predicted octanol–water partition coefficient (Wildman–Crippen LogP) is 0.853. The molecule has 2 heteroatoms. The summed E-state index contributed by atoms with van der Waals surface area (Å²) in [6.07, 6.45) is 1.80. The molecule has 0 aromatic rings. The molecule has 1 aliphatic carbocycles. The van der Waals surface area contributed by atoms with Gasteiger partial charge in [-0.25, -0.2) is 4.39 Å². The van der Waals surface area contributed by atoms with Gasteiger partial charge in [-0.05, 0) is 6.08 Å². The van der Waals surface area contributed by atoms with Crippen molar-refractivity contribution >= 4 is 5.78 Å². The van der Waals surface area contributed by atoms with Gasteiger partial charge in [-0.3, -0.25) is 4.79 Å². The fourth-order valence-corrected chi connectivity index (χ4v) is 0.524. The van der Waals surface area contributed by atoms with E-state index in [1.54, 1.807) is 6.08 Å². The Labute approximate surface area is 40.8 Å². The Morgan fingerprint density at radius 1 is 1.86 bits per heavy atom. The van der Waals surface area contributed by atoms with Crippen molar-refractivity contribution in [2.24, 2.45) is 0 Å². The summed E-state index contributed by atoms with van der Waals surface area (Å²) in [4.78, 5) is 10.1. The Bertz CT molecular complexity index is 117. The maximum atomic E-state index is 11.9. The predicted molar refractivity (Wildman–Crippen MR) is 23.7 cm³/mol. The zero-order valence-corrected chi connectivity index (χ0v) is 3.73. The van der Waals surface area contributed by atoms with E-state index in [1.807, 2.05) is 0 Å². The number of allylic oxidation sites excluding steroid dienone is 2. The summed E-state index contributed by atoms with van der Waals surface area (Å²) in [5.74, 6) is -0.319. The van der Waals surface area contributed by atoms with E-state index in [9.17, 15) is 9.18 Å². The van der Waals surface area contributed by atoms with Gasteiger partial charge in [-0.2, -0.15) is 0 Å². The summed E-state index contributed by atoms with van der Waals surface area (Å²) in [6, 6.07) is 0. The Kier molecular flexibility index (Phi) is 0.929. The molecular weight excluding hydrogens is 95.1 g/mol. The molecule has 7 heavy (non-hydrogen) atoms. The monoisotopic (exact) mass is 100 g/mol. The SMILES string of the molecule is O=C1CC=CC1F. The molecule has 0 saturated carbocycles. The van der Waals surface area contributed by atoms with Crippen LogP contribution in [0.2, 0.25) is 0 Å². The van der Waals surface area contributed by atoms with Crippen molar-refractivity contribution in [1.29, 1.82) is 0 Å². The quantitative estimate of drug-likeness (QED) is 0.412. The number of carbonyl (C=O) groups excluding carboxylic acids is 1. The van der Waals surface area contributed by atoms with Crippen LogP contribution in [0.1, 0.15) is 6.42 Å². The zero-order valence-electron chi connectivity index (χ0n) is 3.73. The van der Waals surface area contributed by atoms with Crippen molar-refractivity contribution in [3.63, 3.8) is 0 Å². The highest BCUT2D eigenvalue weighted by Gasteiger charge is 2.16. The molecule has 0 aromatic heterocycles. The van der Waals surface area contributed by atoms with Gasteiger partial charge < -0.3 is 0 Å². The molecule has 0 aromatic carbocycles. The minimum Gasteiger partial charge on any atom is -0.296 e. The van der Waals surface area contributed by atoms with Gasteiger partial charge in [0.1, 0.15) is 0 Å². The highest BCUT2D eigenvalue weighted by Crippen LogP contribution is 2.07. The molecule has 1 aliphatic rings. The smallest absolute Gasteiger partial charge is 0.177 e. The third kappa shape index (κ3) is 0.683. The first-order valence-electron chi connectivity index (χ1n) is 2.14. The molecule has 0 radical (unpaired) electrons. The Morgan fingerprint density at radius 3 is 2.71 bits per heavy atom. The summed E-state index contributed by atoms with van der Waals surface area (Å²) in [6.45, 7) is 0. The van der Waals surface area contributed by atoms with E-state index >= 15 is 0 Å². The van der Waals surface area contributed by atoms with E-state index in [0.29, 0.717) is 0 Å². The molecule has 1 rings (SSSR count). The van der Waals surface area contributed by atoms with E-state index in [4.69, 9.17) is 0 Å². The van der Waals surface area contributed by atoms with Gasteiger partial charge in [0.25, 0.3) is 0 Å². The molecule has 1 atom stereocenters. The fourth-order valence-electron chi connectivity index (χ4n) is 0.524. The molecule has 1 unspecified atom stereocenters. The van der Waals surface area contributed by atoms with Gasteiger partial charge in [-0.15, -0.1) is 0 Å². The molecule has 0 amide bonds. The molecule has 0 N–H and O–H groups in total. The second-order valence-corrected chi connectivity index (χ2v) is 1.50. The third-order valence-electron chi connectivity index (χ3n) is 0.932. The van der Waals surface area contributed by atoms with Crippen molar-refractivity contribution in [1.82, 2.24) is 0 Å². The van der Waals surface area contributed by atoms with Crippen LogP contribution in [0.3, 0.4) is 0 Å². The van der Waals surface area contributed by atoms with Crippen molar-refractivity contribution < 1.29 is 9.18 Å². The Morgan fingerprint density at radius 2 is 2.57 bits per heavy atom. The van der Waals surface area contributed by atoms with Crippen LogP contribution in [0.25, 0.3) is 0 Å². The number of hydrogen-bond acceptors (Lipinski definition) is 1. The molecule has 0 aliphatic heterocycles. The largest absolute Gasteiger partial charge is 0.296 e. The maximum Gasteiger partial charge on any atom is 0.177 e. The highest BCUT2D eigenvalue weighted by molar-refractivity contribution is 5.88. The first-order chi connectivity index (χ1) is 3.30. The number of carbonyl (C=O) groups is 1. The molecule has 0 heterocycles. The summed E-state index contributed by atoms with van der Waals surface area (Å²) < 4.78 is 11.9. The molecule has 1 nitrogen and oxygen atoms in total. The van der Waals surface area contributed by atoms with Crippen LogP contribution in [0.4, 0.5) is 4.39 Å². The molecule has 0 saturated heterocycles. The van der Waals surface area contributed by atoms with Crippen molar-refractivity contribution in [3.05, 3.63) is 12.2 Å². The van der Waals surface area contributed by atoms with Gasteiger partial charge in [0, 0.05) is 6.42 Å². The average Bonchev–Trinajstić information content (AvgIpc) is 1.91. The lowest BCUT2D eigenvalue weighted by atomic mass is 10.3. The average molecular weight is 100 g/mol. The second-order valence-electron chi connectivity index (χ2n) is 1.50. The van der Waals surface area contributed by atoms with Gasteiger partial charge >= 0.3 is 0 Å². The van der Waals surface area contributed by atoms with Gasteiger partial charge in [0.2, 0.25) is 0 Å². The molecule has 38 valence electrons. The lowest BCUT2D eigenvalue weighted by molar-refractivity contribution is -0.120. The van der Waals surface area contributed by atoms with Crippen LogP contribution in [0.5, 0.6) is 0 Å². The number of ketones is 1. The first kappa shape index (κ1) is 4.50. The zero-order chi connectivity index (χ0) is 5.28. The van der Waals surface area contributed by atoms with Crippen LogP contribution in [0, 0.1) is 0 Å². The number of rotatable bonds is 0. The van der Waals surface area contributed by atoms with Crippen LogP contribution in [-0.2, 0) is 4.79 Å². The lowest BCUT2D eigenvalue weighted by Crippen LogP contribution is -2.04. The number of hydrogen-bond donors (Lipinski definition) is 0. The van der Waals surface area contributed by atoms with Gasteiger partial charge in [0.05, 0.1) is 0 Å². The van der Waals surface area contributed by atoms with Gasteiger partial charge in [-0.1, -0.05) is 6.08 Å². The summed E-state index contributed by atoms with van der Waals surface area (Å²) in [5.41, 5.74) is 0. The maximum absolute atomic E-state index is 11.9. The van der Waals surface area contributed by atoms with E-state index in [0.717, 1.165) is 0 Å². The molecule has 0 fully saturated rings. The number of halogens is 1. The van der Waals surface area contributed by atoms with Gasteiger partial charge in [0.15, 0.2) is 12.0 Å². The second kappa shape index (κ2) is 1.45. The highest BCUT2D eigenvalue weighted by atomic mass is 19.1. The molecular formula is C5H5FO. The van der Waals surface area contributed by atoms with Crippen LogP contribution in [0.15, 0.2) is 12.2 Å². The van der Waals surface area contributed by atoms with E-state index < -0.39 is 6.17 Å². The normalized spacial score (nSPS) is 29.3. The summed E-state index contributed by atoms with van der Waals surface area (Å²) in [7, 11) is 0.